The monoisotopic (exact) mass is 376 g/mol. The van der Waals surface area contributed by atoms with Gasteiger partial charge in [0.25, 0.3) is 10.0 Å². The van der Waals surface area contributed by atoms with E-state index >= 15 is 0 Å². The third-order valence-corrected chi connectivity index (χ3v) is 6.56. The average Bonchev–Trinajstić information content (AvgIpc) is 3.38. The van der Waals surface area contributed by atoms with Gasteiger partial charge in [-0.2, -0.15) is 4.31 Å². The lowest BCUT2D eigenvalue weighted by atomic mass is 10.2. The number of hydrogen-bond donors (Lipinski definition) is 0. The lowest BCUT2D eigenvalue weighted by molar-refractivity contribution is 0.253. The summed E-state index contributed by atoms with van der Waals surface area (Å²) in [7, 11) is -3.97. The molecule has 2 aromatic carbocycles. The molecule has 1 aliphatic heterocycles. The third-order valence-electron chi connectivity index (χ3n) is 4.59. The Kier molecular flexibility index (Phi) is 3.77. The van der Waals surface area contributed by atoms with Crippen molar-refractivity contribution < 1.29 is 13.2 Å². The van der Waals surface area contributed by atoms with Gasteiger partial charge in [-0.3, -0.25) is 4.90 Å². The lowest BCUT2D eigenvalue weighted by Crippen LogP contribution is -2.51. The van der Waals surface area contributed by atoms with Gasteiger partial charge in [0.15, 0.2) is 0 Å². The summed E-state index contributed by atoms with van der Waals surface area (Å²) in [5.74, 6) is 0.436. The largest absolute Gasteiger partial charge is 0.343 e. The molecular formula is C18H17ClN2O3S. The van der Waals surface area contributed by atoms with Crippen molar-refractivity contribution in [3.63, 3.8) is 0 Å². The summed E-state index contributed by atoms with van der Waals surface area (Å²) in [4.78, 5) is 14.9. The average molecular weight is 377 g/mol. The number of urea groups is 1. The van der Waals surface area contributed by atoms with E-state index in [1.54, 1.807) is 54.3 Å². The molecular weight excluding hydrogens is 360 g/mol. The summed E-state index contributed by atoms with van der Waals surface area (Å²) in [5, 5.41) is 0.498. The lowest BCUT2D eigenvalue weighted by Gasteiger charge is -2.36. The van der Waals surface area contributed by atoms with E-state index in [0.717, 1.165) is 17.1 Å². The molecule has 0 saturated heterocycles. The molecule has 1 saturated carbocycles. The highest BCUT2D eigenvalue weighted by molar-refractivity contribution is 7.94. The van der Waals surface area contributed by atoms with E-state index in [1.165, 1.54) is 0 Å². The van der Waals surface area contributed by atoms with Gasteiger partial charge in [0.05, 0.1) is 11.4 Å². The highest BCUT2D eigenvalue weighted by atomic mass is 35.5. The molecule has 0 spiro atoms. The second-order valence-corrected chi connectivity index (χ2v) is 8.70. The molecule has 0 N–H and O–H groups in total. The Morgan fingerprint density at radius 2 is 1.84 bits per heavy atom. The fourth-order valence-corrected chi connectivity index (χ4v) is 5.01. The first-order valence-corrected chi connectivity index (χ1v) is 9.93. The van der Waals surface area contributed by atoms with Gasteiger partial charge in [0.2, 0.25) is 0 Å². The zero-order chi connectivity index (χ0) is 17.8. The van der Waals surface area contributed by atoms with Crippen molar-refractivity contribution in [2.24, 2.45) is 5.92 Å². The van der Waals surface area contributed by atoms with Crippen LogP contribution in [0.25, 0.3) is 0 Å². The number of fused-ring (bicyclic) bond motifs is 1. The maximum absolute atomic E-state index is 13.1. The Morgan fingerprint density at radius 1 is 1.12 bits per heavy atom. The molecule has 2 aliphatic rings. The van der Waals surface area contributed by atoms with Gasteiger partial charge in [0.1, 0.15) is 4.90 Å². The zero-order valence-corrected chi connectivity index (χ0v) is 15.2. The molecule has 7 heteroatoms. The minimum absolute atomic E-state index is 0.157. The van der Waals surface area contributed by atoms with Crippen molar-refractivity contribution in [1.29, 1.82) is 0 Å². The van der Waals surface area contributed by atoms with Gasteiger partial charge in [-0.05, 0) is 61.6 Å². The SMILES string of the molecule is Cc1cc(Cl)ccc1N1C(=O)N(CC2CC2)c2ccccc2S1(=O)=O. The van der Waals surface area contributed by atoms with Crippen LogP contribution in [0.4, 0.5) is 16.2 Å². The highest BCUT2D eigenvalue weighted by Gasteiger charge is 2.44. The highest BCUT2D eigenvalue weighted by Crippen LogP contribution is 2.41. The van der Waals surface area contributed by atoms with Gasteiger partial charge in [0, 0.05) is 11.6 Å². The molecule has 0 radical (unpaired) electrons. The van der Waals surface area contributed by atoms with Crippen molar-refractivity contribution in [2.45, 2.75) is 24.7 Å². The number of sulfonamides is 1. The number of amides is 2. The maximum Gasteiger partial charge on any atom is 0.343 e. The van der Waals surface area contributed by atoms with E-state index in [-0.39, 0.29) is 4.90 Å². The van der Waals surface area contributed by atoms with E-state index < -0.39 is 16.1 Å². The number of rotatable bonds is 3. The Bertz CT molecular complexity index is 970. The van der Waals surface area contributed by atoms with Crippen LogP contribution in [0.5, 0.6) is 0 Å². The fraction of sp³-hybridized carbons (Fsp3) is 0.278. The summed E-state index contributed by atoms with van der Waals surface area (Å²) in [6.45, 7) is 2.28. The second-order valence-electron chi connectivity index (χ2n) is 6.50. The Balaban J connectivity index is 1.91. The van der Waals surface area contributed by atoms with Crippen molar-refractivity contribution in [3.8, 4) is 0 Å². The third kappa shape index (κ3) is 2.69. The van der Waals surface area contributed by atoms with E-state index in [0.29, 0.717) is 34.4 Å². The molecule has 2 aromatic rings. The number of anilines is 2. The van der Waals surface area contributed by atoms with Crippen LogP contribution in [-0.4, -0.2) is 21.0 Å². The van der Waals surface area contributed by atoms with Crippen LogP contribution in [0.15, 0.2) is 47.4 Å². The van der Waals surface area contributed by atoms with Crippen LogP contribution in [0.3, 0.4) is 0 Å². The first kappa shape index (κ1) is 16.4. The van der Waals surface area contributed by atoms with Crippen LogP contribution in [0.2, 0.25) is 5.02 Å². The zero-order valence-electron chi connectivity index (χ0n) is 13.6. The van der Waals surface area contributed by atoms with E-state index in [9.17, 15) is 13.2 Å². The van der Waals surface area contributed by atoms with Gasteiger partial charge < -0.3 is 0 Å². The van der Waals surface area contributed by atoms with Crippen molar-refractivity contribution in [2.75, 3.05) is 15.7 Å². The molecule has 0 aromatic heterocycles. The van der Waals surface area contributed by atoms with Gasteiger partial charge >= 0.3 is 6.03 Å². The molecule has 130 valence electrons. The number of hydrogen-bond acceptors (Lipinski definition) is 3. The fourth-order valence-electron chi connectivity index (χ4n) is 3.13. The Hall–Kier alpha value is -2.05. The van der Waals surface area contributed by atoms with Crippen molar-refractivity contribution in [3.05, 3.63) is 53.1 Å². The second kappa shape index (κ2) is 5.75. The molecule has 5 nitrogen and oxygen atoms in total. The van der Waals surface area contributed by atoms with Crippen LogP contribution in [-0.2, 0) is 10.0 Å². The number of nitrogens with zero attached hydrogens (tertiary/aromatic N) is 2. The van der Waals surface area contributed by atoms with Crippen molar-refractivity contribution >= 4 is 39.0 Å². The Morgan fingerprint density at radius 3 is 2.52 bits per heavy atom. The van der Waals surface area contributed by atoms with Gasteiger partial charge in [-0.1, -0.05) is 23.7 Å². The summed E-state index contributed by atoms with van der Waals surface area (Å²) < 4.78 is 27.2. The minimum atomic E-state index is -3.97. The van der Waals surface area contributed by atoms with Crippen LogP contribution < -0.4 is 9.21 Å². The number of carbonyl (C=O) groups is 1. The number of para-hydroxylation sites is 1. The summed E-state index contributed by atoms with van der Waals surface area (Å²) in [5.41, 5.74) is 1.43. The molecule has 0 unspecified atom stereocenters. The molecule has 4 rings (SSSR count). The molecule has 0 bridgehead atoms. The number of aryl methyl sites for hydroxylation is 1. The molecule has 1 heterocycles. The van der Waals surface area contributed by atoms with Crippen molar-refractivity contribution in [1.82, 2.24) is 0 Å². The maximum atomic E-state index is 13.1. The Labute approximate surface area is 151 Å². The quantitative estimate of drug-likeness (QED) is 0.806. The molecule has 2 amide bonds. The van der Waals surface area contributed by atoms with Crippen LogP contribution in [0, 0.1) is 12.8 Å². The smallest absolute Gasteiger partial charge is 0.292 e. The number of carbonyl (C=O) groups excluding carboxylic acids is 1. The first-order valence-electron chi connectivity index (χ1n) is 8.11. The standard InChI is InChI=1S/C18H17ClN2O3S/c1-12-10-14(19)8-9-15(12)21-18(22)20(11-13-6-7-13)16-4-2-3-5-17(16)25(21,23)24/h2-5,8-10,13H,6-7,11H2,1H3. The van der Waals surface area contributed by atoms with Crippen LogP contribution in [0.1, 0.15) is 18.4 Å². The molecule has 0 atom stereocenters. The van der Waals surface area contributed by atoms with Gasteiger partial charge in [-0.25, -0.2) is 13.2 Å². The number of benzene rings is 2. The van der Waals surface area contributed by atoms with Gasteiger partial charge in [-0.15, -0.1) is 0 Å². The topological polar surface area (TPSA) is 57.7 Å². The predicted molar refractivity (Wildman–Crippen MR) is 97.8 cm³/mol. The molecule has 25 heavy (non-hydrogen) atoms. The number of halogens is 1. The van der Waals surface area contributed by atoms with E-state index in [1.807, 2.05) is 0 Å². The molecule has 1 fully saturated rings. The summed E-state index contributed by atoms with van der Waals surface area (Å²) in [6, 6.07) is 11.0. The normalized spacial score (nSPS) is 19.0. The summed E-state index contributed by atoms with van der Waals surface area (Å²) in [6.07, 6.45) is 2.14. The van der Waals surface area contributed by atoms with E-state index in [2.05, 4.69) is 0 Å². The van der Waals surface area contributed by atoms with Crippen LogP contribution >= 0.6 is 11.6 Å². The summed E-state index contributed by atoms with van der Waals surface area (Å²) >= 11 is 5.99. The molecule has 1 aliphatic carbocycles. The first-order chi connectivity index (χ1) is 11.9. The van der Waals surface area contributed by atoms with E-state index in [4.69, 9.17) is 11.6 Å². The minimum Gasteiger partial charge on any atom is -0.292 e. The predicted octanol–water partition coefficient (Wildman–Crippen LogP) is 4.19.